The summed E-state index contributed by atoms with van der Waals surface area (Å²) in [5.41, 5.74) is 1.92. The molecule has 0 saturated carbocycles. The molecule has 68 valence electrons. The molecule has 3 heteroatoms. The van der Waals surface area contributed by atoms with Crippen molar-refractivity contribution in [1.82, 2.24) is 5.32 Å². The Morgan fingerprint density at radius 1 is 1.69 bits per heavy atom. The van der Waals surface area contributed by atoms with Gasteiger partial charge in [0, 0.05) is 18.7 Å². The molecule has 0 bridgehead atoms. The number of hydrogen-bond donors (Lipinski definition) is 1. The quantitative estimate of drug-likeness (QED) is 0.649. The lowest BCUT2D eigenvalue weighted by molar-refractivity contribution is -0.114. The zero-order chi connectivity index (χ0) is 9.84. The molecule has 0 atom stereocenters. The summed E-state index contributed by atoms with van der Waals surface area (Å²) in [6, 6.07) is 0. The molecule has 0 fully saturated rings. The van der Waals surface area contributed by atoms with Crippen molar-refractivity contribution in [1.29, 1.82) is 0 Å². The summed E-state index contributed by atoms with van der Waals surface area (Å²) in [6.07, 6.45) is 2.25. The van der Waals surface area contributed by atoms with Crippen molar-refractivity contribution in [3.05, 3.63) is 34.5 Å². The summed E-state index contributed by atoms with van der Waals surface area (Å²) >= 11 is 0. The fourth-order valence-electron chi connectivity index (χ4n) is 1.30. The first-order chi connectivity index (χ1) is 6.19. The van der Waals surface area contributed by atoms with Crippen molar-refractivity contribution >= 4 is 5.78 Å². The highest BCUT2D eigenvalue weighted by molar-refractivity contribution is 6.00. The van der Waals surface area contributed by atoms with E-state index in [1.54, 1.807) is 0 Å². The average molecular weight is 176 g/mol. The molecule has 0 amide bonds. The fraction of sp³-hybridized carbons (Fsp3) is 0.400. The Morgan fingerprint density at radius 3 is 2.92 bits per heavy atom. The van der Waals surface area contributed by atoms with Crippen LogP contribution in [0.5, 0.6) is 0 Å². The lowest BCUT2D eigenvalue weighted by atomic mass is 10.0. The number of ketones is 1. The van der Waals surface area contributed by atoms with Crippen molar-refractivity contribution in [3.63, 3.8) is 0 Å². The second-order valence-corrected chi connectivity index (χ2v) is 3.00. The summed E-state index contributed by atoms with van der Waals surface area (Å²) in [5, 5.41) is 3.01. The second kappa shape index (κ2) is 3.90. The lowest BCUT2D eigenvalue weighted by Crippen LogP contribution is -2.19. The minimum atomic E-state index is -0.0778. The van der Waals surface area contributed by atoms with Crippen LogP contribution in [-0.2, 0) is 4.79 Å². The fourth-order valence-corrected chi connectivity index (χ4v) is 1.30. The number of carbonyl (C=O) groups excluding carboxylic acids is 1. The van der Waals surface area contributed by atoms with E-state index in [9.17, 15) is 4.79 Å². The van der Waals surface area contributed by atoms with Crippen LogP contribution < -0.4 is 5.32 Å². The van der Waals surface area contributed by atoms with Crippen molar-refractivity contribution in [2.75, 3.05) is 6.54 Å². The van der Waals surface area contributed by atoms with Gasteiger partial charge in [0.25, 0.3) is 5.70 Å². The van der Waals surface area contributed by atoms with E-state index in [-0.39, 0.29) is 11.5 Å². The first kappa shape index (κ1) is 9.53. The van der Waals surface area contributed by atoms with E-state index in [4.69, 9.17) is 6.57 Å². The van der Waals surface area contributed by atoms with Gasteiger partial charge < -0.3 is 10.1 Å². The number of nitrogens with one attached hydrogen (secondary N) is 1. The molecule has 0 unspecified atom stereocenters. The highest BCUT2D eigenvalue weighted by atomic mass is 16.1. The minimum Gasteiger partial charge on any atom is -0.394 e. The Morgan fingerprint density at radius 2 is 2.38 bits per heavy atom. The van der Waals surface area contributed by atoms with Crippen LogP contribution in [0.3, 0.4) is 0 Å². The maximum Gasteiger partial charge on any atom is 0.251 e. The zero-order valence-corrected chi connectivity index (χ0v) is 7.85. The van der Waals surface area contributed by atoms with Gasteiger partial charge in [-0.3, -0.25) is 0 Å². The minimum absolute atomic E-state index is 0.0778. The molecule has 3 nitrogen and oxygen atoms in total. The van der Waals surface area contributed by atoms with E-state index < -0.39 is 0 Å². The average Bonchev–Trinajstić information content (AvgIpc) is 2.04. The van der Waals surface area contributed by atoms with Gasteiger partial charge in [0.1, 0.15) is 0 Å². The Hall–Kier alpha value is -1.56. The maximum atomic E-state index is 11.4. The van der Waals surface area contributed by atoms with Crippen molar-refractivity contribution in [3.8, 4) is 0 Å². The van der Waals surface area contributed by atoms with Gasteiger partial charge in [-0.25, -0.2) is 4.85 Å². The first-order valence-corrected chi connectivity index (χ1v) is 4.25. The van der Waals surface area contributed by atoms with E-state index in [0.29, 0.717) is 12.1 Å². The molecule has 0 aromatic rings. The van der Waals surface area contributed by atoms with Crippen molar-refractivity contribution in [2.45, 2.75) is 20.3 Å². The molecule has 0 aromatic carbocycles. The first-order valence-electron chi connectivity index (χ1n) is 4.25. The van der Waals surface area contributed by atoms with Gasteiger partial charge in [0.05, 0.1) is 6.57 Å². The van der Waals surface area contributed by atoms with Crippen molar-refractivity contribution < 1.29 is 4.79 Å². The molecule has 0 spiro atoms. The topological polar surface area (TPSA) is 33.5 Å². The van der Waals surface area contributed by atoms with Gasteiger partial charge in [0.2, 0.25) is 0 Å². The number of hydrogen-bond acceptors (Lipinski definition) is 2. The van der Waals surface area contributed by atoms with E-state index >= 15 is 0 Å². The molecule has 1 aliphatic rings. The van der Waals surface area contributed by atoms with E-state index in [0.717, 1.165) is 12.1 Å². The van der Waals surface area contributed by atoms with Gasteiger partial charge in [-0.2, -0.15) is 0 Å². The molecule has 1 rings (SSSR count). The van der Waals surface area contributed by atoms with Crippen LogP contribution in [0, 0.1) is 6.57 Å². The van der Waals surface area contributed by atoms with E-state index in [2.05, 4.69) is 10.2 Å². The van der Waals surface area contributed by atoms with Gasteiger partial charge in [-0.1, -0.05) is 11.6 Å². The smallest absolute Gasteiger partial charge is 0.251 e. The summed E-state index contributed by atoms with van der Waals surface area (Å²) in [4.78, 5) is 14.6. The van der Waals surface area contributed by atoms with E-state index in [1.807, 2.05) is 19.9 Å². The van der Waals surface area contributed by atoms with Crippen LogP contribution in [-0.4, -0.2) is 12.3 Å². The molecular weight excluding hydrogens is 164 g/mol. The standard InChI is InChI=1S/C10H12N2O/c1-4-12-8-5-7(2)6-9(13)10(8)11-3/h5,12H,4,6H2,1-2H3. The largest absolute Gasteiger partial charge is 0.394 e. The van der Waals surface area contributed by atoms with Gasteiger partial charge in [-0.15, -0.1) is 0 Å². The Balaban J connectivity index is 3.07. The normalized spacial score (nSPS) is 16.7. The monoisotopic (exact) mass is 176 g/mol. The third-order valence-electron chi connectivity index (χ3n) is 1.83. The molecule has 0 heterocycles. The van der Waals surface area contributed by atoms with Gasteiger partial charge >= 0.3 is 0 Å². The van der Waals surface area contributed by atoms with Crippen molar-refractivity contribution in [2.24, 2.45) is 0 Å². The molecule has 1 N–H and O–H groups in total. The predicted octanol–water partition coefficient (Wildman–Crippen LogP) is 1.65. The Labute approximate surface area is 78.0 Å². The van der Waals surface area contributed by atoms with Gasteiger partial charge in [0.15, 0.2) is 5.78 Å². The molecule has 0 aromatic heterocycles. The highest BCUT2D eigenvalue weighted by Crippen LogP contribution is 2.19. The molecule has 0 radical (unpaired) electrons. The number of likely N-dealkylation sites (N-methyl/N-ethyl adjacent to an activating group) is 1. The van der Waals surface area contributed by atoms with Gasteiger partial charge in [-0.05, 0) is 13.8 Å². The number of nitrogens with zero attached hydrogens (tertiary/aromatic N) is 1. The molecule has 0 saturated heterocycles. The summed E-state index contributed by atoms with van der Waals surface area (Å²) in [6.45, 7) is 11.4. The third-order valence-corrected chi connectivity index (χ3v) is 1.83. The zero-order valence-electron chi connectivity index (χ0n) is 7.85. The number of carbonyl (C=O) groups is 1. The summed E-state index contributed by atoms with van der Waals surface area (Å²) in [7, 11) is 0. The van der Waals surface area contributed by atoms with Crippen LogP contribution in [0.15, 0.2) is 23.0 Å². The molecular formula is C10H12N2O. The molecule has 1 aliphatic carbocycles. The Kier molecular flexibility index (Phi) is 2.86. The SMILES string of the molecule is [C-]#[N+]C1=C(NCC)C=C(C)CC1=O. The molecule has 13 heavy (non-hydrogen) atoms. The summed E-state index contributed by atoms with van der Waals surface area (Å²) < 4.78 is 0. The van der Waals surface area contributed by atoms with Crippen LogP contribution in [0.1, 0.15) is 20.3 Å². The highest BCUT2D eigenvalue weighted by Gasteiger charge is 2.19. The van der Waals surface area contributed by atoms with E-state index in [1.165, 1.54) is 0 Å². The van der Waals surface area contributed by atoms with Crippen LogP contribution >= 0.6 is 0 Å². The van der Waals surface area contributed by atoms with Crippen LogP contribution in [0.4, 0.5) is 0 Å². The van der Waals surface area contributed by atoms with Crippen LogP contribution in [0.2, 0.25) is 0 Å². The summed E-state index contributed by atoms with van der Waals surface area (Å²) in [5.74, 6) is -0.0778. The number of allylic oxidation sites excluding steroid dienone is 3. The predicted molar refractivity (Wildman–Crippen MR) is 50.7 cm³/mol. The Bertz CT molecular complexity index is 331. The lowest BCUT2D eigenvalue weighted by Gasteiger charge is -2.13. The maximum absolute atomic E-state index is 11.4. The van der Waals surface area contributed by atoms with Crippen LogP contribution in [0.25, 0.3) is 4.85 Å². The third kappa shape index (κ3) is 1.97. The second-order valence-electron chi connectivity index (χ2n) is 3.00. The number of Topliss-reactive ketones (excluding diaryl/α,β-unsaturated/α-hetero) is 1. The molecule has 0 aliphatic heterocycles. The number of rotatable bonds is 2.